The monoisotopic (exact) mass is 524 g/mol. The molecule has 2 atom stereocenters. The summed E-state index contributed by atoms with van der Waals surface area (Å²) in [7, 11) is 0. The topological polar surface area (TPSA) is 105 Å². The van der Waals surface area contributed by atoms with E-state index in [-0.39, 0.29) is 17.6 Å². The predicted octanol–water partition coefficient (Wildman–Crippen LogP) is 5.68. The van der Waals surface area contributed by atoms with Gasteiger partial charge in [-0.1, -0.05) is 67.4 Å². The highest BCUT2D eigenvalue weighted by Crippen LogP contribution is 2.31. The molecule has 3 N–H and O–H groups in total. The number of nitrogens with zero attached hydrogens (tertiary/aromatic N) is 3. The number of halogens is 1. The van der Waals surface area contributed by atoms with Gasteiger partial charge in [0.05, 0.1) is 11.4 Å². The van der Waals surface area contributed by atoms with Crippen LogP contribution in [-0.2, 0) is 4.79 Å². The molecule has 3 aromatic rings. The van der Waals surface area contributed by atoms with Crippen LogP contribution in [-0.4, -0.2) is 57.6 Å². The Morgan fingerprint density at radius 2 is 1.89 bits per heavy atom. The molecular formula is C28H33FN4O3S. The SMILES string of the molecule is CSC/C(=N\c1cc(C(C)c2ccc(-c3ccccc3)c(F)c2)no1)C(N)(C(=O)O)N1CCCCCC1. The van der Waals surface area contributed by atoms with Crippen molar-refractivity contribution in [1.82, 2.24) is 10.1 Å². The Balaban J connectivity index is 1.61. The molecule has 0 amide bonds. The third-order valence-corrected chi connectivity index (χ3v) is 7.50. The van der Waals surface area contributed by atoms with Crippen molar-refractivity contribution in [3.05, 3.63) is 71.7 Å². The minimum absolute atomic E-state index is 0.179. The standard InChI is InChI=1S/C28H33FN4O3S/c1-19(21-12-13-22(23(29)16-21)20-10-6-5-7-11-20)24-17-26(36-32-24)31-25(18-37-2)28(30,27(34)35)33-14-8-3-4-9-15-33/h5-7,10-13,16-17,19H,3-4,8-9,14-15,18,30H2,1-2H3,(H,34,35)/b31-25+. The maximum absolute atomic E-state index is 14.9. The van der Waals surface area contributed by atoms with Crippen LogP contribution in [0.5, 0.6) is 0 Å². The number of nitrogens with two attached hydrogens (primary N) is 1. The van der Waals surface area contributed by atoms with Crippen LogP contribution in [0, 0.1) is 5.82 Å². The highest BCUT2D eigenvalue weighted by molar-refractivity contribution is 7.99. The number of thioether (sulfide) groups is 1. The molecule has 7 nitrogen and oxygen atoms in total. The number of rotatable bonds is 9. The molecule has 2 aromatic carbocycles. The van der Waals surface area contributed by atoms with E-state index >= 15 is 0 Å². The first kappa shape index (κ1) is 27.0. The first-order chi connectivity index (χ1) is 17.8. The second kappa shape index (κ2) is 12.0. The number of hydrogen-bond donors (Lipinski definition) is 2. The molecule has 2 unspecified atom stereocenters. The highest BCUT2D eigenvalue weighted by Gasteiger charge is 2.45. The van der Waals surface area contributed by atoms with Crippen LogP contribution in [0.2, 0.25) is 0 Å². The number of carboxylic acid groups (broad SMARTS) is 1. The van der Waals surface area contributed by atoms with Crippen molar-refractivity contribution in [3.8, 4) is 11.1 Å². The minimum Gasteiger partial charge on any atom is -0.479 e. The number of aromatic nitrogens is 1. The lowest BCUT2D eigenvalue weighted by molar-refractivity contribution is -0.146. The summed E-state index contributed by atoms with van der Waals surface area (Å²) in [6.07, 6.45) is 5.77. The minimum atomic E-state index is -1.73. The number of carboxylic acids is 1. The molecule has 0 bridgehead atoms. The second-order valence-electron chi connectivity index (χ2n) is 9.38. The van der Waals surface area contributed by atoms with E-state index in [0.717, 1.165) is 36.8 Å². The molecule has 0 saturated carbocycles. The van der Waals surface area contributed by atoms with Crippen molar-refractivity contribution in [1.29, 1.82) is 0 Å². The molecular weight excluding hydrogens is 491 g/mol. The van der Waals surface area contributed by atoms with E-state index in [9.17, 15) is 14.3 Å². The molecule has 9 heteroatoms. The molecule has 1 aliphatic heterocycles. The quantitative estimate of drug-likeness (QED) is 0.347. The van der Waals surface area contributed by atoms with Gasteiger partial charge in [0.2, 0.25) is 5.66 Å². The molecule has 196 valence electrons. The first-order valence-electron chi connectivity index (χ1n) is 12.5. The molecule has 0 radical (unpaired) electrons. The van der Waals surface area contributed by atoms with Gasteiger partial charge in [-0.2, -0.15) is 11.8 Å². The lowest BCUT2D eigenvalue weighted by Gasteiger charge is -2.37. The van der Waals surface area contributed by atoms with Crippen LogP contribution in [0.4, 0.5) is 10.3 Å². The van der Waals surface area contributed by atoms with Crippen LogP contribution < -0.4 is 5.73 Å². The highest BCUT2D eigenvalue weighted by atomic mass is 32.2. The van der Waals surface area contributed by atoms with Crippen LogP contribution in [0.15, 0.2) is 64.1 Å². The van der Waals surface area contributed by atoms with Gasteiger partial charge >= 0.3 is 5.97 Å². The van der Waals surface area contributed by atoms with Gasteiger partial charge < -0.3 is 9.63 Å². The molecule has 37 heavy (non-hydrogen) atoms. The first-order valence-corrected chi connectivity index (χ1v) is 13.9. The lowest BCUT2D eigenvalue weighted by Crippen LogP contribution is -2.67. The largest absolute Gasteiger partial charge is 0.479 e. The number of aliphatic carboxylic acids is 1. The number of aliphatic imine (C=N–C) groups is 1. The van der Waals surface area contributed by atoms with Crippen LogP contribution >= 0.6 is 11.8 Å². The predicted molar refractivity (Wildman–Crippen MR) is 146 cm³/mol. The van der Waals surface area contributed by atoms with E-state index in [0.29, 0.717) is 35.8 Å². The fourth-order valence-corrected chi connectivity index (χ4v) is 5.28. The van der Waals surface area contributed by atoms with Gasteiger partial charge in [0, 0.05) is 36.4 Å². The lowest BCUT2D eigenvalue weighted by atomic mass is 9.95. The smallest absolute Gasteiger partial charge is 0.345 e. The molecule has 4 rings (SSSR count). The van der Waals surface area contributed by atoms with Crippen LogP contribution in [0.25, 0.3) is 11.1 Å². The number of hydrogen-bond acceptors (Lipinski definition) is 7. The molecule has 1 aliphatic rings. The maximum atomic E-state index is 14.9. The van der Waals surface area contributed by atoms with Crippen molar-refractivity contribution in [2.75, 3.05) is 25.1 Å². The summed E-state index contributed by atoms with van der Waals surface area (Å²) < 4.78 is 20.4. The Morgan fingerprint density at radius 1 is 1.19 bits per heavy atom. The van der Waals surface area contributed by atoms with Gasteiger partial charge in [-0.3, -0.25) is 10.6 Å². The fraction of sp³-hybridized carbons (Fsp3) is 0.393. The van der Waals surface area contributed by atoms with Gasteiger partial charge in [-0.25, -0.2) is 14.2 Å². The van der Waals surface area contributed by atoms with Gasteiger partial charge in [0.25, 0.3) is 5.88 Å². The normalized spacial score (nSPS) is 17.7. The van der Waals surface area contributed by atoms with Crippen molar-refractivity contribution >= 4 is 29.3 Å². The molecule has 2 heterocycles. The van der Waals surface area contributed by atoms with E-state index in [1.165, 1.54) is 17.8 Å². The second-order valence-corrected chi connectivity index (χ2v) is 10.2. The van der Waals surface area contributed by atoms with E-state index in [1.807, 2.05) is 54.5 Å². The molecule has 1 fully saturated rings. The fourth-order valence-electron chi connectivity index (χ4n) is 4.72. The van der Waals surface area contributed by atoms with Crippen molar-refractivity contribution < 1.29 is 18.8 Å². The zero-order valence-corrected chi connectivity index (χ0v) is 22.0. The average Bonchev–Trinajstić information content (AvgIpc) is 3.19. The van der Waals surface area contributed by atoms with E-state index in [1.54, 1.807) is 12.1 Å². The summed E-state index contributed by atoms with van der Waals surface area (Å²) in [5.41, 5.74) is 7.81. The van der Waals surface area contributed by atoms with Gasteiger partial charge in [-0.15, -0.1) is 0 Å². The maximum Gasteiger partial charge on any atom is 0.345 e. The van der Waals surface area contributed by atoms with Gasteiger partial charge in [0.15, 0.2) is 0 Å². The zero-order valence-electron chi connectivity index (χ0n) is 21.2. The van der Waals surface area contributed by atoms with Crippen molar-refractivity contribution in [2.24, 2.45) is 10.7 Å². The third kappa shape index (κ3) is 5.95. The Bertz CT molecular complexity index is 1240. The summed E-state index contributed by atoms with van der Waals surface area (Å²) in [4.78, 5) is 18.8. The van der Waals surface area contributed by atoms with E-state index in [2.05, 4.69) is 10.1 Å². The van der Waals surface area contributed by atoms with E-state index in [4.69, 9.17) is 10.3 Å². The molecule has 1 saturated heterocycles. The Labute approximate surface area is 220 Å². The zero-order chi connectivity index (χ0) is 26.4. The summed E-state index contributed by atoms with van der Waals surface area (Å²) in [5.74, 6) is -1.20. The van der Waals surface area contributed by atoms with Crippen molar-refractivity contribution in [2.45, 2.75) is 44.2 Å². The molecule has 1 aromatic heterocycles. The van der Waals surface area contributed by atoms with E-state index < -0.39 is 11.6 Å². The summed E-state index contributed by atoms with van der Waals surface area (Å²) in [5, 5.41) is 14.3. The Morgan fingerprint density at radius 3 is 2.51 bits per heavy atom. The molecule has 0 spiro atoms. The summed E-state index contributed by atoms with van der Waals surface area (Å²) >= 11 is 1.45. The van der Waals surface area contributed by atoms with Crippen LogP contribution in [0.1, 0.15) is 49.8 Å². The average molecular weight is 525 g/mol. The third-order valence-electron chi connectivity index (χ3n) is 6.93. The van der Waals surface area contributed by atoms with Gasteiger partial charge in [-0.05, 0) is 36.3 Å². The summed E-state index contributed by atoms with van der Waals surface area (Å²) in [6, 6.07) is 16.2. The Hall–Kier alpha value is -3.01. The van der Waals surface area contributed by atoms with Gasteiger partial charge in [0.1, 0.15) is 5.82 Å². The Kier molecular flexibility index (Phi) is 8.79. The number of carbonyl (C=O) groups is 1. The number of benzene rings is 2. The molecule has 0 aliphatic carbocycles. The van der Waals surface area contributed by atoms with Crippen LogP contribution in [0.3, 0.4) is 0 Å². The number of likely N-dealkylation sites (tertiary alicyclic amines) is 1. The summed E-state index contributed by atoms with van der Waals surface area (Å²) in [6.45, 7) is 3.10. The van der Waals surface area contributed by atoms with Crippen molar-refractivity contribution in [3.63, 3.8) is 0 Å².